The smallest absolute Gasteiger partial charge is 0.274 e. The molecule has 1 fully saturated rings. The first-order valence-electron chi connectivity index (χ1n) is 8.10. The maximum absolute atomic E-state index is 12.9. The summed E-state index contributed by atoms with van der Waals surface area (Å²) in [6.07, 6.45) is 1.97. The van der Waals surface area contributed by atoms with Gasteiger partial charge in [0, 0.05) is 17.1 Å². The number of nitrogens with zero attached hydrogens (tertiary/aromatic N) is 3. The minimum Gasteiger partial charge on any atom is -0.332 e. The zero-order valence-electron chi connectivity index (χ0n) is 14.0. The van der Waals surface area contributed by atoms with Crippen molar-refractivity contribution in [3.63, 3.8) is 0 Å². The number of carbonyl (C=O) groups excluding carboxylic acids is 1. The van der Waals surface area contributed by atoms with E-state index in [0.717, 1.165) is 48.7 Å². The molecular weight excluding hydrogens is 346 g/mol. The molecule has 0 bridgehead atoms. The van der Waals surface area contributed by atoms with Crippen LogP contribution in [0.3, 0.4) is 0 Å². The molecule has 1 atom stereocenters. The second-order valence-electron chi connectivity index (χ2n) is 6.04. The Morgan fingerprint density at radius 3 is 2.92 bits per heavy atom. The number of H-pyrrole nitrogens is 1. The molecule has 3 heterocycles. The van der Waals surface area contributed by atoms with Gasteiger partial charge in [0.05, 0.1) is 17.7 Å². The van der Waals surface area contributed by atoms with Gasteiger partial charge in [0.15, 0.2) is 0 Å². The lowest BCUT2D eigenvalue weighted by atomic mass is 10.1. The summed E-state index contributed by atoms with van der Waals surface area (Å²) >= 11 is 1.61. The highest BCUT2D eigenvalue weighted by Crippen LogP contribution is 2.19. The van der Waals surface area contributed by atoms with Crippen LogP contribution in [-0.2, 0) is 13.0 Å². The fourth-order valence-electron chi connectivity index (χ4n) is 2.87. The Morgan fingerprint density at radius 1 is 1.50 bits per heavy atom. The maximum Gasteiger partial charge on any atom is 0.274 e. The van der Waals surface area contributed by atoms with Crippen molar-refractivity contribution in [1.82, 2.24) is 25.4 Å². The van der Waals surface area contributed by atoms with E-state index in [2.05, 4.69) is 20.5 Å². The van der Waals surface area contributed by atoms with E-state index >= 15 is 0 Å². The molecule has 0 radical (unpaired) electrons. The van der Waals surface area contributed by atoms with Crippen LogP contribution in [0.5, 0.6) is 0 Å². The van der Waals surface area contributed by atoms with E-state index in [9.17, 15) is 4.79 Å². The van der Waals surface area contributed by atoms with E-state index in [-0.39, 0.29) is 18.3 Å². The van der Waals surface area contributed by atoms with Gasteiger partial charge >= 0.3 is 0 Å². The van der Waals surface area contributed by atoms with Crippen LogP contribution in [-0.4, -0.2) is 45.6 Å². The van der Waals surface area contributed by atoms with E-state index in [0.29, 0.717) is 18.2 Å². The van der Waals surface area contributed by atoms with Gasteiger partial charge < -0.3 is 10.2 Å². The van der Waals surface area contributed by atoms with Crippen molar-refractivity contribution < 1.29 is 4.79 Å². The highest BCUT2D eigenvalue weighted by atomic mass is 35.5. The number of hydrogen-bond acceptors (Lipinski definition) is 5. The number of carbonyl (C=O) groups is 1. The van der Waals surface area contributed by atoms with Crippen molar-refractivity contribution >= 4 is 29.7 Å². The fraction of sp³-hybridized carbons (Fsp3) is 0.562. The molecule has 1 aliphatic rings. The number of thiazole rings is 1. The summed E-state index contributed by atoms with van der Waals surface area (Å²) in [5.41, 5.74) is 4.35. The Labute approximate surface area is 152 Å². The van der Waals surface area contributed by atoms with Gasteiger partial charge in [-0.15, -0.1) is 23.7 Å². The first-order chi connectivity index (χ1) is 11.2. The van der Waals surface area contributed by atoms with Crippen LogP contribution < -0.4 is 5.32 Å². The Hall–Kier alpha value is -1.44. The summed E-state index contributed by atoms with van der Waals surface area (Å²) in [6.45, 7) is 7.43. The minimum atomic E-state index is 0. The number of hydrogen-bond donors (Lipinski definition) is 2. The molecule has 1 unspecified atom stereocenters. The molecule has 1 amide bonds. The van der Waals surface area contributed by atoms with Crippen LogP contribution in [0.4, 0.5) is 0 Å². The number of aromatic nitrogens is 3. The lowest BCUT2D eigenvalue weighted by Crippen LogP contribution is -2.35. The summed E-state index contributed by atoms with van der Waals surface area (Å²) in [6, 6.07) is 1.86. The largest absolute Gasteiger partial charge is 0.332 e. The molecule has 2 aromatic rings. The van der Waals surface area contributed by atoms with Gasteiger partial charge in [-0.05, 0) is 44.8 Å². The summed E-state index contributed by atoms with van der Waals surface area (Å²) in [4.78, 5) is 20.3. The van der Waals surface area contributed by atoms with Gasteiger partial charge in [-0.25, -0.2) is 4.98 Å². The lowest BCUT2D eigenvalue weighted by Gasteiger charge is -2.24. The minimum absolute atomic E-state index is 0. The molecule has 6 nitrogen and oxygen atoms in total. The van der Waals surface area contributed by atoms with Gasteiger partial charge in [-0.3, -0.25) is 9.89 Å². The van der Waals surface area contributed by atoms with Gasteiger partial charge in [0.25, 0.3) is 5.91 Å². The molecular formula is C16H24ClN5OS. The second kappa shape index (κ2) is 8.60. The predicted octanol–water partition coefficient (Wildman–Crippen LogP) is 2.41. The van der Waals surface area contributed by atoms with E-state index in [1.807, 2.05) is 30.3 Å². The van der Waals surface area contributed by atoms with Crippen molar-refractivity contribution in [1.29, 1.82) is 0 Å². The van der Waals surface area contributed by atoms with Crippen LogP contribution in [0.25, 0.3) is 0 Å². The van der Waals surface area contributed by atoms with Crippen LogP contribution in [0, 0.1) is 12.8 Å². The Bertz CT molecular complexity index is 665. The number of aromatic amines is 1. The summed E-state index contributed by atoms with van der Waals surface area (Å²) < 4.78 is 0. The third kappa shape index (κ3) is 4.34. The van der Waals surface area contributed by atoms with Crippen molar-refractivity contribution in [2.24, 2.45) is 5.92 Å². The second-order valence-corrected chi connectivity index (χ2v) is 6.98. The van der Waals surface area contributed by atoms with Gasteiger partial charge in [-0.2, -0.15) is 5.10 Å². The SMILES string of the molecule is CCc1cc(C(=O)N(Cc2scnc2C)CC2CCNC2)n[nH]1.Cl. The number of nitrogens with one attached hydrogen (secondary N) is 2. The number of rotatable bonds is 6. The summed E-state index contributed by atoms with van der Waals surface area (Å²) in [5.74, 6) is 0.511. The normalized spacial score (nSPS) is 16.8. The topological polar surface area (TPSA) is 73.9 Å². The molecule has 132 valence electrons. The van der Waals surface area contributed by atoms with Crippen molar-refractivity contribution in [2.75, 3.05) is 19.6 Å². The molecule has 0 aromatic carbocycles. The molecule has 2 aromatic heterocycles. The van der Waals surface area contributed by atoms with Crippen LogP contribution in [0.1, 0.15) is 40.1 Å². The lowest BCUT2D eigenvalue weighted by molar-refractivity contribution is 0.0714. The van der Waals surface area contributed by atoms with E-state index in [4.69, 9.17) is 0 Å². The number of halogens is 1. The standard InChI is InChI=1S/C16H23N5OS.ClH/c1-3-13-6-14(20-19-13)16(22)21(8-12-4-5-17-7-12)9-15-11(2)18-10-23-15;/h6,10,12,17H,3-5,7-9H2,1-2H3,(H,19,20);1H. The zero-order valence-corrected chi connectivity index (χ0v) is 15.7. The molecule has 3 rings (SSSR count). The average molecular weight is 370 g/mol. The molecule has 0 spiro atoms. The monoisotopic (exact) mass is 369 g/mol. The van der Waals surface area contributed by atoms with E-state index in [1.54, 1.807) is 11.3 Å². The number of amides is 1. The Morgan fingerprint density at radius 2 is 2.33 bits per heavy atom. The van der Waals surface area contributed by atoms with Crippen LogP contribution in [0.15, 0.2) is 11.6 Å². The van der Waals surface area contributed by atoms with Crippen LogP contribution >= 0.6 is 23.7 Å². The molecule has 1 saturated heterocycles. The summed E-state index contributed by atoms with van der Waals surface area (Å²) in [7, 11) is 0. The Balaban J connectivity index is 0.00000208. The number of aryl methyl sites for hydroxylation is 2. The Kier molecular flexibility index (Phi) is 6.77. The molecule has 8 heteroatoms. The van der Waals surface area contributed by atoms with Gasteiger partial charge in [0.1, 0.15) is 5.69 Å². The zero-order chi connectivity index (χ0) is 16.2. The van der Waals surface area contributed by atoms with Crippen molar-refractivity contribution in [2.45, 2.75) is 33.2 Å². The van der Waals surface area contributed by atoms with Gasteiger partial charge in [-0.1, -0.05) is 6.92 Å². The molecule has 1 aliphatic heterocycles. The first kappa shape index (κ1) is 18.9. The molecule has 0 saturated carbocycles. The third-order valence-corrected chi connectivity index (χ3v) is 5.26. The highest BCUT2D eigenvalue weighted by molar-refractivity contribution is 7.09. The maximum atomic E-state index is 12.9. The molecule has 0 aliphatic carbocycles. The van der Waals surface area contributed by atoms with Crippen molar-refractivity contribution in [3.8, 4) is 0 Å². The third-order valence-electron chi connectivity index (χ3n) is 4.34. The van der Waals surface area contributed by atoms with Crippen molar-refractivity contribution in [3.05, 3.63) is 33.5 Å². The van der Waals surface area contributed by atoms with Gasteiger partial charge in [0.2, 0.25) is 0 Å². The molecule has 2 N–H and O–H groups in total. The van der Waals surface area contributed by atoms with Crippen LogP contribution in [0.2, 0.25) is 0 Å². The molecule has 24 heavy (non-hydrogen) atoms. The average Bonchev–Trinajstić information content (AvgIpc) is 3.28. The van der Waals surface area contributed by atoms with E-state index < -0.39 is 0 Å². The quantitative estimate of drug-likeness (QED) is 0.820. The fourth-order valence-corrected chi connectivity index (χ4v) is 3.66. The van der Waals surface area contributed by atoms with E-state index in [1.165, 1.54) is 0 Å². The summed E-state index contributed by atoms with van der Waals surface area (Å²) in [5, 5.41) is 10.5. The highest BCUT2D eigenvalue weighted by Gasteiger charge is 2.25. The first-order valence-corrected chi connectivity index (χ1v) is 8.98. The predicted molar refractivity (Wildman–Crippen MR) is 97.8 cm³/mol.